The van der Waals surface area contributed by atoms with Crippen molar-refractivity contribution in [2.45, 2.75) is 6.04 Å². The number of piperazine rings is 1. The number of carboxylic acids is 1. The molecule has 1 amide bonds. The minimum atomic E-state index is -1.05. The predicted octanol–water partition coefficient (Wildman–Crippen LogP) is 0.591. The summed E-state index contributed by atoms with van der Waals surface area (Å²) in [6, 6.07) is 5.24. The van der Waals surface area contributed by atoms with Gasteiger partial charge in [-0.1, -0.05) is 12.1 Å². The molecule has 6 nitrogen and oxygen atoms in total. The van der Waals surface area contributed by atoms with Gasteiger partial charge in [0.05, 0.1) is 11.6 Å². The molecule has 1 saturated heterocycles. The molecule has 2 aliphatic rings. The van der Waals surface area contributed by atoms with E-state index in [0.717, 1.165) is 12.6 Å². The van der Waals surface area contributed by atoms with Crippen molar-refractivity contribution in [1.29, 1.82) is 0 Å². The van der Waals surface area contributed by atoms with Crippen LogP contribution in [0.25, 0.3) is 6.08 Å². The normalized spacial score (nSPS) is 21.4. The first-order valence-corrected chi connectivity index (χ1v) is 6.85. The number of carbonyl (C=O) groups excluding carboxylic acids is 1. The molecule has 0 aromatic heterocycles. The summed E-state index contributed by atoms with van der Waals surface area (Å²) in [6.07, 6.45) is 2.47. The van der Waals surface area contributed by atoms with Crippen molar-refractivity contribution in [2.24, 2.45) is 0 Å². The van der Waals surface area contributed by atoms with Crippen LogP contribution in [0.4, 0.5) is 0 Å². The largest absolute Gasteiger partial charge is 0.491 e. The smallest absolute Gasteiger partial charge is 0.328 e. The van der Waals surface area contributed by atoms with Crippen molar-refractivity contribution >= 4 is 18.0 Å². The van der Waals surface area contributed by atoms with Gasteiger partial charge in [-0.15, -0.1) is 0 Å². The van der Waals surface area contributed by atoms with Gasteiger partial charge in [0, 0.05) is 25.7 Å². The number of hydrogen-bond donors (Lipinski definition) is 2. The Labute approximate surface area is 122 Å². The topological polar surface area (TPSA) is 78.9 Å². The first kappa shape index (κ1) is 13.6. The molecule has 3 rings (SSSR count). The van der Waals surface area contributed by atoms with Crippen molar-refractivity contribution in [3.63, 3.8) is 0 Å². The molecular weight excluding hydrogens is 272 g/mol. The number of hydrogen-bond acceptors (Lipinski definition) is 4. The van der Waals surface area contributed by atoms with E-state index in [1.807, 2.05) is 0 Å². The van der Waals surface area contributed by atoms with Gasteiger partial charge in [0.2, 0.25) is 0 Å². The SMILES string of the molecule is O=C(O)C=Cc1cccc2c1C(=O)N1CCNCC1CO2. The van der Waals surface area contributed by atoms with Gasteiger partial charge < -0.3 is 20.1 Å². The Hall–Kier alpha value is -2.34. The zero-order valence-corrected chi connectivity index (χ0v) is 11.4. The van der Waals surface area contributed by atoms with Gasteiger partial charge in [0.15, 0.2) is 0 Å². The molecule has 6 heteroatoms. The number of benzene rings is 1. The summed E-state index contributed by atoms with van der Waals surface area (Å²) in [4.78, 5) is 25.3. The minimum absolute atomic E-state index is 0.00922. The highest BCUT2D eigenvalue weighted by Gasteiger charge is 2.33. The fourth-order valence-corrected chi connectivity index (χ4v) is 2.70. The number of rotatable bonds is 2. The minimum Gasteiger partial charge on any atom is -0.491 e. The van der Waals surface area contributed by atoms with Gasteiger partial charge in [-0.05, 0) is 17.7 Å². The van der Waals surface area contributed by atoms with Gasteiger partial charge in [-0.3, -0.25) is 4.79 Å². The number of amides is 1. The average Bonchev–Trinajstić information content (AvgIpc) is 2.64. The maximum atomic E-state index is 12.8. The van der Waals surface area contributed by atoms with E-state index in [1.165, 1.54) is 6.08 Å². The zero-order chi connectivity index (χ0) is 14.8. The lowest BCUT2D eigenvalue weighted by Gasteiger charge is -2.34. The van der Waals surface area contributed by atoms with Gasteiger partial charge >= 0.3 is 5.97 Å². The molecule has 21 heavy (non-hydrogen) atoms. The number of fused-ring (bicyclic) bond motifs is 2. The summed E-state index contributed by atoms with van der Waals surface area (Å²) in [7, 11) is 0. The third kappa shape index (κ3) is 2.62. The number of carboxylic acid groups (broad SMARTS) is 1. The van der Waals surface area contributed by atoms with Crippen LogP contribution in [0.3, 0.4) is 0 Å². The van der Waals surface area contributed by atoms with E-state index in [1.54, 1.807) is 23.1 Å². The predicted molar refractivity (Wildman–Crippen MR) is 76.3 cm³/mol. The van der Waals surface area contributed by atoms with Crippen LogP contribution in [-0.4, -0.2) is 54.2 Å². The van der Waals surface area contributed by atoms with Crippen LogP contribution in [0.2, 0.25) is 0 Å². The standard InChI is InChI=1S/C15H16N2O4/c18-13(19)5-4-10-2-1-3-12-14(10)15(20)17-7-6-16-8-11(17)9-21-12/h1-5,11,16H,6-9H2,(H,18,19). The van der Waals surface area contributed by atoms with Crippen LogP contribution in [0, 0.1) is 0 Å². The molecule has 0 bridgehead atoms. The van der Waals surface area contributed by atoms with Crippen LogP contribution in [-0.2, 0) is 4.79 Å². The Bertz CT molecular complexity index is 612. The van der Waals surface area contributed by atoms with Crippen LogP contribution < -0.4 is 10.1 Å². The number of aliphatic carboxylic acids is 1. The third-order valence-electron chi connectivity index (χ3n) is 3.72. The third-order valence-corrected chi connectivity index (χ3v) is 3.72. The van der Waals surface area contributed by atoms with Crippen LogP contribution in [0.5, 0.6) is 5.75 Å². The first-order valence-electron chi connectivity index (χ1n) is 6.85. The van der Waals surface area contributed by atoms with Gasteiger partial charge in [-0.2, -0.15) is 0 Å². The second-order valence-corrected chi connectivity index (χ2v) is 5.06. The molecular formula is C15H16N2O4. The van der Waals surface area contributed by atoms with Crippen LogP contribution >= 0.6 is 0 Å². The van der Waals surface area contributed by atoms with Crippen molar-refractivity contribution in [1.82, 2.24) is 10.2 Å². The second-order valence-electron chi connectivity index (χ2n) is 5.06. The lowest BCUT2D eigenvalue weighted by molar-refractivity contribution is -0.131. The number of ether oxygens (including phenoxy) is 1. The Morgan fingerprint density at radius 1 is 1.48 bits per heavy atom. The molecule has 1 aromatic rings. The first-order chi connectivity index (χ1) is 10.2. The van der Waals surface area contributed by atoms with Crippen molar-refractivity contribution in [3.05, 3.63) is 35.4 Å². The van der Waals surface area contributed by atoms with E-state index >= 15 is 0 Å². The van der Waals surface area contributed by atoms with E-state index in [9.17, 15) is 9.59 Å². The molecule has 0 saturated carbocycles. The molecule has 0 radical (unpaired) electrons. The molecule has 0 aliphatic carbocycles. The number of nitrogens with zero attached hydrogens (tertiary/aromatic N) is 1. The molecule has 2 aliphatic heterocycles. The summed E-state index contributed by atoms with van der Waals surface area (Å²) < 4.78 is 5.75. The maximum Gasteiger partial charge on any atom is 0.328 e. The van der Waals surface area contributed by atoms with E-state index in [4.69, 9.17) is 9.84 Å². The summed E-state index contributed by atoms with van der Waals surface area (Å²) in [5, 5.41) is 12.0. The van der Waals surface area contributed by atoms with Crippen molar-refractivity contribution in [2.75, 3.05) is 26.2 Å². The lowest BCUT2D eigenvalue weighted by Crippen LogP contribution is -2.54. The van der Waals surface area contributed by atoms with Gasteiger partial charge in [0.25, 0.3) is 5.91 Å². The van der Waals surface area contributed by atoms with E-state index in [-0.39, 0.29) is 11.9 Å². The zero-order valence-electron chi connectivity index (χ0n) is 11.4. The second kappa shape index (κ2) is 5.57. The quantitative estimate of drug-likeness (QED) is 0.779. The molecule has 2 N–H and O–H groups in total. The molecule has 1 aromatic carbocycles. The summed E-state index contributed by atoms with van der Waals surface area (Å²) >= 11 is 0. The number of carbonyl (C=O) groups is 2. The van der Waals surface area contributed by atoms with Crippen molar-refractivity contribution < 1.29 is 19.4 Å². The average molecular weight is 288 g/mol. The maximum absolute atomic E-state index is 12.8. The molecule has 2 heterocycles. The summed E-state index contributed by atoms with van der Waals surface area (Å²) in [6.45, 7) is 2.53. The Morgan fingerprint density at radius 3 is 3.14 bits per heavy atom. The molecule has 0 spiro atoms. The Kier molecular flexibility index (Phi) is 3.62. The highest BCUT2D eigenvalue weighted by atomic mass is 16.5. The highest BCUT2D eigenvalue weighted by Crippen LogP contribution is 2.29. The van der Waals surface area contributed by atoms with Gasteiger partial charge in [-0.25, -0.2) is 4.79 Å². The lowest BCUT2D eigenvalue weighted by atomic mass is 10.0. The molecule has 1 unspecified atom stereocenters. The molecule has 1 fully saturated rings. The fourth-order valence-electron chi connectivity index (χ4n) is 2.70. The number of nitrogens with one attached hydrogen (secondary N) is 1. The monoisotopic (exact) mass is 288 g/mol. The van der Waals surface area contributed by atoms with E-state index in [2.05, 4.69) is 5.32 Å². The Balaban J connectivity index is 2.02. The summed E-state index contributed by atoms with van der Waals surface area (Å²) in [5.41, 5.74) is 1.01. The van der Waals surface area contributed by atoms with Crippen molar-refractivity contribution in [3.8, 4) is 5.75 Å². The van der Waals surface area contributed by atoms with E-state index < -0.39 is 5.97 Å². The fraction of sp³-hybridized carbons (Fsp3) is 0.333. The highest BCUT2D eigenvalue weighted by molar-refractivity contribution is 6.02. The van der Waals surface area contributed by atoms with E-state index in [0.29, 0.717) is 36.6 Å². The van der Waals surface area contributed by atoms with Crippen LogP contribution in [0.1, 0.15) is 15.9 Å². The van der Waals surface area contributed by atoms with Crippen LogP contribution in [0.15, 0.2) is 24.3 Å². The molecule has 110 valence electrons. The summed E-state index contributed by atoms with van der Waals surface area (Å²) in [5.74, 6) is -0.629. The Morgan fingerprint density at radius 2 is 2.33 bits per heavy atom. The van der Waals surface area contributed by atoms with Gasteiger partial charge in [0.1, 0.15) is 12.4 Å². The molecule has 1 atom stereocenters.